The Labute approximate surface area is 201 Å². The highest BCUT2D eigenvalue weighted by molar-refractivity contribution is 7.91. The van der Waals surface area contributed by atoms with Gasteiger partial charge in [0.1, 0.15) is 0 Å². The number of unbranched alkanes of at least 4 members (excludes halogenated alkanes) is 2. The van der Waals surface area contributed by atoms with Crippen molar-refractivity contribution in [3.8, 4) is 0 Å². The van der Waals surface area contributed by atoms with Gasteiger partial charge in [-0.3, -0.25) is 9.98 Å². The molecule has 0 fully saturated rings. The number of benzene rings is 2. The van der Waals surface area contributed by atoms with Crippen molar-refractivity contribution in [2.75, 3.05) is 0 Å². The molecular formula is C28H40N2O2S. The highest BCUT2D eigenvalue weighted by Crippen LogP contribution is 2.25. The molecule has 0 N–H and O–H groups in total. The summed E-state index contributed by atoms with van der Waals surface area (Å²) in [7, 11) is -3.57. The number of nitrogens with zero attached hydrogens (tertiary/aromatic N) is 2. The van der Waals surface area contributed by atoms with Crippen LogP contribution in [0.2, 0.25) is 0 Å². The Hall–Kier alpha value is -2.27. The van der Waals surface area contributed by atoms with Gasteiger partial charge in [0.2, 0.25) is 9.84 Å². The molecule has 2 unspecified atom stereocenters. The molecule has 0 heterocycles. The van der Waals surface area contributed by atoms with E-state index in [1.165, 1.54) is 25.7 Å². The molecule has 5 heteroatoms. The summed E-state index contributed by atoms with van der Waals surface area (Å²) in [5, 5.41) is 0. The molecule has 2 atom stereocenters. The minimum atomic E-state index is -3.57. The Morgan fingerprint density at radius 3 is 1.33 bits per heavy atom. The largest absolute Gasteiger partial charge is 0.261 e. The second-order valence-electron chi connectivity index (χ2n) is 8.67. The van der Waals surface area contributed by atoms with Crippen LogP contribution in [0.3, 0.4) is 0 Å². The topological polar surface area (TPSA) is 58.9 Å². The van der Waals surface area contributed by atoms with Crippen LogP contribution in [0.5, 0.6) is 0 Å². The summed E-state index contributed by atoms with van der Waals surface area (Å²) in [5.41, 5.74) is 1.56. The highest BCUT2D eigenvalue weighted by Gasteiger charge is 2.17. The van der Waals surface area contributed by atoms with Crippen molar-refractivity contribution in [2.45, 2.75) is 88.9 Å². The number of aliphatic imine (C=N–C) groups is 2. The predicted octanol–water partition coefficient (Wildman–Crippen LogP) is 8.36. The van der Waals surface area contributed by atoms with Crippen LogP contribution in [0.4, 0.5) is 11.4 Å². The van der Waals surface area contributed by atoms with Crippen LogP contribution in [-0.4, -0.2) is 20.8 Å². The Bertz CT molecular complexity index is 902. The van der Waals surface area contributed by atoms with E-state index in [0.717, 1.165) is 37.1 Å². The third-order valence-electron chi connectivity index (χ3n) is 6.07. The fourth-order valence-corrected chi connectivity index (χ4v) is 4.90. The van der Waals surface area contributed by atoms with Gasteiger partial charge in [-0.15, -0.1) is 0 Å². The Morgan fingerprint density at radius 1 is 0.667 bits per heavy atom. The Balaban J connectivity index is 2.08. The van der Waals surface area contributed by atoms with Gasteiger partial charge in [-0.2, -0.15) is 0 Å². The third kappa shape index (κ3) is 8.54. The lowest BCUT2D eigenvalue weighted by atomic mass is 10.0. The van der Waals surface area contributed by atoms with E-state index in [-0.39, 0.29) is 9.79 Å². The van der Waals surface area contributed by atoms with Crippen LogP contribution in [0.15, 0.2) is 68.3 Å². The van der Waals surface area contributed by atoms with E-state index in [4.69, 9.17) is 0 Å². The molecule has 33 heavy (non-hydrogen) atoms. The number of rotatable bonds is 14. The van der Waals surface area contributed by atoms with Crippen LogP contribution in [0.1, 0.15) is 79.1 Å². The van der Waals surface area contributed by atoms with E-state index in [0.29, 0.717) is 11.8 Å². The second-order valence-corrected chi connectivity index (χ2v) is 10.6. The summed E-state index contributed by atoms with van der Waals surface area (Å²) in [5.74, 6) is 0.933. The number of hydrogen-bond acceptors (Lipinski definition) is 4. The molecule has 0 aliphatic rings. The van der Waals surface area contributed by atoms with Crippen molar-refractivity contribution >= 4 is 33.6 Å². The fraction of sp³-hybridized carbons (Fsp3) is 0.500. The van der Waals surface area contributed by atoms with Gasteiger partial charge in [0.15, 0.2) is 0 Å². The van der Waals surface area contributed by atoms with Crippen molar-refractivity contribution in [1.82, 2.24) is 0 Å². The molecule has 0 amide bonds. The van der Waals surface area contributed by atoms with Crippen LogP contribution in [0.25, 0.3) is 0 Å². The molecule has 0 saturated heterocycles. The van der Waals surface area contributed by atoms with E-state index in [1.54, 1.807) is 48.5 Å². The van der Waals surface area contributed by atoms with Crippen molar-refractivity contribution < 1.29 is 8.42 Å². The molecule has 0 aromatic heterocycles. The first-order valence-electron chi connectivity index (χ1n) is 12.5. The van der Waals surface area contributed by atoms with Gasteiger partial charge in [0.05, 0.1) is 21.2 Å². The lowest BCUT2D eigenvalue weighted by Gasteiger charge is -2.09. The second kappa shape index (κ2) is 14.1. The molecule has 0 radical (unpaired) electrons. The normalized spacial score (nSPS) is 14.2. The van der Waals surface area contributed by atoms with Crippen LogP contribution in [0, 0.1) is 11.8 Å². The smallest absolute Gasteiger partial charge is 0.206 e. The molecule has 0 saturated carbocycles. The quantitative estimate of drug-likeness (QED) is 0.261. The molecule has 0 bridgehead atoms. The predicted molar refractivity (Wildman–Crippen MR) is 141 cm³/mol. The van der Waals surface area contributed by atoms with Crippen LogP contribution >= 0.6 is 0 Å². The first-order valence-corrected chi connectivity index (χ1v) is 14.0. The number of hydrogen-bond donors (Lipinski definition) is 0. The summed E-state index contributed by atoms with van der Waals surface area (Å²) >= 11 is 0. The molecule has 2 aromatic carbocycles. The zero-order valence-electron chi connectivity index (χ0n) is 20.7. The van der Waals surface area contributed by atoms with E-state index in [9.17, 15) is 8.42 Å². The van der Waals surface area contributed by atoms with Crippen LogP contribution < -0.4 is 0 Å². The average Bonchev–Trinajstić information content (AvgIpc) is 2.85. The molecule has 180 valence electrons. The minimum Gasteiger partial charge on any atom is -0.261 e. The van der Waals surface area contributed by atoms with Crippen molar-refractivity contribution in [3.63, 3.8) is 0 Å². The summed E-state index contributed by atoms with van der Waals surface area (Å²) in [6.07, 6.45) is 13.2. The average molecular weight is 469 g/mol. The monoisotopic (exact) mass is 468 g/mol. The Morgan fingerprint density at radius 2 is 1.03 bits per heavy atom. The molecule has 0 aliphatic heterocycles. The maximum absolute atomic E-state index is 13.0. The Kier molecular flexibility index (Phi) is 11.5. The summed E-state index contributed by atoms with van der Waals surface area (Å²) in [4.78, 5) is 9.68. The van der Waals surface area contributed by atoms with Gasteiger partial charge in [-0.05, 0) is 86.1 Å². The third-order valence-corrected chi connectivity index (χ3v) is 7.85. The zero-order chi connectivity index (χ0) is 24.1. The lowest BCUT2D eigenvalue weighted by Crippen LogP contribution is -2.02. The first-order chi connectivity index (χ1) is 15.9. The van der Waals surface area contributed by atoms with Gasteiger partial charge in [-0.1, -0.05) is 53.4 Å². The molecule has 2 rings (SSSR count). The summed E-state index contributed by atoms with van der Waals surface area (Å²) in [6.45, 7) is 8.74. The first kappa shape index (κ1) is 27.0. The van der Waals surface area contributed by atoms with Gasteiger partial charge in [0, 0.05) is 12.4 Å². The molecule has 0 aliphatic carbocycles. The van der Waals surface area contributed by atoms with Crippen molar-refractivity contribution in [3.05, 3.63) is 48.5 Å². The maximum atomic E-state index is 13.0. The number of sulfone groups is 1. The van der Waals surface area contributed by atoms with E-state index in [2.05, 4.69) is 37.7 Å². The van der Waals surface area contributed by atoms with E-state index < -0.39 is 9.84 Å². The van der Waals surface area contributed by atoms with Gasteiger partial charge in [0.25, 0.3) is 0 Å². The maximum Gasteiger partial charge on any atom is 0.206 e. The zero-order valence-corrected chi connectivity index (χ0v) is 21.5. The van der Waals surface area contributed by atoms with Gasteiger partial charge in [-0.25, -0.2) is 8.42 Å². The van der Waals surface area contributed by atoms with E-state index >= 15 is 0 Å². The molecule has 0 spiro atoms. The van der Waals surface area contributed by atoms with E-state index in [1.807, 2.05) is 12.4 Å². The molecular weight excluding hydrogens is 428 g/mol. The SMILES string of the molecule is CCCCC(C=Nc1ccc(S(=O)(=O)c2ccc(N=CC(CC)CCCC)cc2)cc1)CC. The van der Waals surface area contributed by atoms with Crippen LogP contribution in [-0.2, 0) is 9.84 Å². The standard InChI is InChI=1S/C28H40N2O2S/c1-5-9-11-23(7-3)21-29-25-13-17-27(18-14-25)33(31,32)28-19-15-26(16-20-28)30-22-24(8-4)12-10-6-2/h13-24H,5-12H2,1-4H3. The summed E-state index contributed by atoms with van der Waals surface area (Å²) < 4.78 is 26.1. The van der Waals surface area contributed by atoms with Crippen molar-refractivity contribution in [2.24, 2.45) is 21.8 Å². The summed E-state index contributed by atoms with van der Waals surface area (Å²) in [6, 6.07) is 13.7. The fourth-order valence-electron chi connectivity index (χ4n) is 3.64. The lowest BCUT2D eigenvalue weighted by molar-refractivity contribution is 0.576. The van der Waals surface area contributed by atoms with Gasteiger partial charge >= 0.3 is 0 Å². The highest BCUT2D eigenvalue weighted by atomic mass is 32.2. The van der Waals surface area contributed by atoms with Crippen molar-refractivity contribution in [1.29, 1.82) is 0 Å². The molecule has 2 aromatic rings. The van der Waals surface area contributed by atoms with Gasteiger partial charge < -0.3 is 0 Å². The molecule has 4 nitrogen and oxygen atoms in total. The minimum absolute atomic E-state index is 0.279.